The van der Waals surface area contributed by atoms with E-state index >= 15 is 0 Å². The van der Waals surface area contributed by atoms with Crippen LogP contribution in [0, 0.1) is 5.41 Å². The minimum absolute atomic E-state index is 0.0149. The summed E-state index contributed by atoms with van der Waals surface area (Å²) in [5.74, 6) is -0.855. The molecule has 18 heavy (non-hydrogen) atoms. The zero-order valence-corrected chi connectivity index (χ0v) is 11.2. The van der Waals surface area contributed by atoms with Crippen LogP contribution in [-0.2, 0) is 9.53 Å². The van der Waals surface area contributed by atoms with E-state index in [1.165, 1.54) is 0 Å². The van der Waals surface area contributed by atoms with Crippen LogP contribution in [0.1, 0.15) is 46.5 Å². The lowest BCUT2D eigenvalue weighted by Gasteiger charge is -2.28. The number of carboxylic acid groups (broad SMARTS) is 1. The van der Waals surface area contributed by atoms with Crippen molar-refractivity contribution in [2.24, 2.45) is 5.41 Å². The van der Waals surface area contributed by atoms with Crippen LogP contribution in [0.3, 0.4) is 0 Å². The molecule has 0 aromatic carbocycles. The predicted octanol–water partition coefficient (Wildman–Crippen LogP) is 2.25. The summed E-state index contributed by atoms with van der Waals surface area (Å²) in [4.78, 5) is 24.6. The van der Waals surface area contributed by atoms with Gasteiger partial charge in [0.15, 0.2) is 0 Å². The summed E-state index contributed by atoms with van der Waals surface area (Å²) in [7, 11) is 0. The monoisotopic (exact) mass is 255 g/mol. The number of rotatable bonds is 2. The number of carbonyl (C=O) groups excluding carboxylic acids is 1. The normalized spacial score (nSPS) is 25.3. The lowest BCUT2D eigenvalue weighted by Crippen LogP contribution is -2.40. The number of likely N-dealkylation sites (tertiary alicyclic amines) is 1. The van der Waals surface area contributed by atoms with Gasteiger partial charge in [0.1, 0.15) is 5.60 Å². The van der Waals surface area contributed by atoms with Crippen molar-refractivity contribution in [1.82, 2.24) is 4.90 Å². The predicted molar refractivity (Wildman–Crippen MR) is 65.3 cm³/mol. The Bertz CT molecular complexity index is 368. The zero-order chi connectivity index (χ0) is 13.6. The zero-order valence-electron chi connectivity index (χ0n) is 11.2. The van der Waals surface area contributed by atoms with E-state index in [1.54, 1.807) is 4.90 Å². The van der Waals surface area contributed by atoms with E-state index in [9.17, 15) is 9.59 Å². The second kappa shape index (κ2) is 4.14. The molecule has 1 N–H and O–H groups in total. The van der Waals surface area contributed by atoms with Crippen LogP contribution in [0.15, 0.2) is 0 Å². The summed E-state index contributed by atoms with van der Waals surface area (Å²) in [6, 6.07) is -0.208. The average Bonchev–Trinajstić information content (AvgIpc) is 2.79. The lowest BCUT2D eigenvalue weighted by molar-refractivity contribution is -0.138. The van der Waals surface area contributed by atoms with Gasteiger partial charge in [0.2, 0.25) is 0 Å². The summed E-state index contributed by atoms with van der Waals surface area (Å²) in [5, 5.41) is 8.92. The number of aliphatic carboxylic acids is 1. The molecule has 1 saturated heterocycles. The first kappa shape index (κ1) is 13.2. The maximum absolute atomic E-state index is 12.1. The van der Waals surface area contributed by atoms with Crippen molar-refractivity contribution in [2.45, 2.75) is 58.1 Å². The first-order valence-electron chi connectivity index (χ1n) is 6.42. The number of hydrogen-bond acceptors (Lipinski definition) is 3. The third kappa shape index (κ3) is 2.94. The Morgan fingerprint density at radius 3 is 2.44 bits per heavy atom. The molecule has 5 heteroatoms. The number of hydrogen-bond donors (Lipinski definition) is 1. The van der Waals surface area contributed by atoms with Crippen molar-refractivity contribution >= 4 is 12.1 Å². The molecule has 2 fully saturated rings. The van der Waals surface area contributed by atoms with Crippen LogP contribution < -0.4 is 0 Å². The first-order chi connectivity index (χ1) is 8.21. The lowest BCUT2D eigenvalue weighted by atomic mass is 10.0. The Hall–Kier alpha value is -1.26. The topological polar surface area (TPSA) is 66.8 Å². The maximum atomic E-state index is 12.1. The van der Waals surface area contributed by atoms with Gasteiger partial charge in [0.05, 0.1) is 6.42 Å². The van der Waals surface area contributed by atoms with Gasteiger partial charge in [-0.1, -0.05) is 0 Å². The maximum Gasteiger partial charge on any atom is 0.410 e. The third-order valence-electron chi connectivity index (χ3n) is 3.61. The van der Waals surface area contributed by atoms with E-state index in [-0.39, 0.29) is 24.0 Å². The molecule has 2 rings (SSSR count). The van der Waals surface area contributed by atoms with Gasteiger partial charge in [0, 0.05) is 12.6 Å². The number of carboxylic acids is 1. The Balaban J connectivity index is 2.04. The molecule has 1 spiro atoms. The van der Waals surface area contributed by atoms with E-state index in [0.717, 1.165) is 19.3 Å². The number of amides is 1. The van der Waals surface area contributed by atoms with Gasteiger partial charge in [0.25, 0.3) is 0 Å². The van der Waals surface area contributed by atoms with Gasteiger partial charge in [-0.15, -0.1) is 0 Å². The molecule has 1 aliphatic carbocycles. The fourth-order valence-electron chi connectivity index (χ4n) is 2.62. The highest BCUT2D eigenvalue weighted by Crippen LogP contribution is 2.55. The number of ether oxygens (including phenoxy) is 1. The van der Waals surface area contributed by atoms with Gasteiger partial charge in [-0.2, -0.15) is 0 Å². The van der Waals surface area contributed by atoms with E-state index in [2.05, 4.69) is 0 Å². The summed E-state index contributed by atoms with van der Waals surface area (Å²) < 4.78 is 5.35. The third-order valence-corrected chi connectivity index (χ3v) is 3.61. The highest BCUT2D eigenvalue weighted by molar-refractivity contribution is 5.72. The minimum atomic E-state index is -0.855. The van der Waals surface area contributed by atoms with Gasteiger partial charge >= 0.3 is 12.1 Å². The molecule has 0 aromatic rings. The summed E-state index contributed by atoms with van der Waals surface area (Å²) in [6.45, 7) is 6.11. The van der Waals surface area contributed by atoms with Crippen molar-refractivity contribution in [2.75, 3.05) is 6.54 Å². The van der Waals surface area contributed by atoms with Gasteiger partial charge in [-0.25, -0.2) is 4.79 Å². The van der Waals surface area contributed by atoms with Crippen LogP contribution in [-0.4, -0.2) is 40.3 Å². The van der Waals surface area contributed by atoms with E-state index in [0.29, 0.717) is 6.54 Å². The van der Waals surface area contributed by atoms with E-state index in [1.807, 2.05) is 20.8 Å². The van der Waals surface area contributed by atoms with Crippen LogP contribution >= 0.6 is 0 Å². The summed E-state index contributed by atoms with van der Waals surface area (Å²) >= 11 is 0. The Kier molecular flexibility index (Phi) is 3.03. The molecule has 0 radical (unpaired) electrons. The largest absolute Gasteiger partial charge is 0.481 e. The molecule has 2 aliphatic rings. The van der Waals surface area contributed by atoms with Crippen molar-refractivity contribution in [3.63, 3.8) is 0 Å². The van der Waals surface area contributed by atoms with Crippen LogP contribution in [0.5, 0.6) is 0 Å². The Morgan fingerprint density at radius 1 is 1.39 bits per heavy atom. The molecule has 1 amide bonds. The molecule has 0 aromatic heterocycles. The number of carbonyl (C=O) groups is 2. The number of nitrogens with zero attached hydrogens (tertiary/aromatic N) is 1. The summed E-state index contributed by atoms with van der Waals surface area (Å²) in [6.07, 6.45) is 2.64. The van der Waals surface area contributed by atoms with Gasteiger partial charge in [-0.3, -0.25) is 4.79 Å². The van der Waals surface area contributed by atoms with Crippen molar-refractivity contribution in [3.05, 3.63) is 0 Å². The van der Waals surface area contributed by atoms with E-state index in [4.69, 9.17) is 9.84 Å². The fourth-order valence-corrected chi connectivity index (χ4v) is 2.62. The minimum Gasteiger partial charge on any atom is -0.481 e. The smallest absolute Gasteiger partial charge is 0.410 e. The van der Waals surface area contributed by atoms with Crippen LogP contribution in [0.25, 0.3) is 0 Å². The van der Waals surface area contributed by atoms with Crippen LogP contribution in [0.4, 0.5) is 4.79 Å². The fraction of sp³-hybridized carbons (Fsp3) is 0.846. The second-order valence-electron chi connectivity index (χ2n) is 6.56. The quantitative estimate of drug-likeness (QED) is 0.821. The standard InChI is InChI=1S/C13H21NO4/c1-12(2,3)18-11(17)14-8-13(4-5-13)7-9(14)6-10(15)16/h9H,4-8H2,1-3H3,(H,15,16)/t9-/m1/s1. The molecule has 102 valence electrons. The molecule has 0 bridgehead atoms. The van der Waals surface area contributed by atoms with Gasteiger partial charge < -0.3 is 14.7 Å². The summed E-state index contributed by atoms with van der Waals surface area (Å²) in [5.41, 5.74) is -0.346. The Labute approximate surface area is 107 Å². The Morgan fingerprint density at radius 2 is 2.00 bits per heavy atom. The first-order valence-corrected chi connectivity index (χ1v) is 6.42. The SMILES string of the molecule is CC(C)(C)OC(=O)N1CC2(CC2)C[C@H]1CC(=O)O. The molecular formula is C13H21NO4. The average molecular weight is 255 g/mol. The van der Waals surface area contributed by atoms with Gasteiger partial charge in [-0.05, 0) is 45.4 Å². The molecule has 0 unspecified atom stereocenters. The molecule has 1 saturated carbocycles. The van der Waals surface area contributed by atoms with Crippen molar-refractivity contribution in [3.8, 4) is 0 Å². The highest BCUT2D eigenvalue weighted by Gasteiger charge is 2.54. The molecule has 1 atom stereocenters. The molecule has 5 nitrogen and oxygen atoms in total. The van der Waals surface area contributed by atoms with E-state index < -0.39 is 11.6 Å². The molecular weight excluding hydrogens is 234 g/mol. The molecule has 1 aliphatic heterocycles. The molecule has 1 heterocycles. The second-order valence-corrected chi connectivity index (χ2v) is 6.56. The van der Waals surface area contributed by atoms with Crippen molar-refractivity contribution < 1.29 is 19.4 Å². The van der Waals surface area contributed by atoms with Crippen LogP contribution in [0.2, 0.25) is 0 Å². The highest BCUT2D eigenvalue weighted by atomic mass is 16.6. The van der Waals surface area contributed by atoms with Crippen molar-refractivity contribution in [1.29, 1.82) is 0 Å².